The molecule has 0 aliphatic carbocycles. The number of nitrogens with zero attached hydrogens (tertiary/aromatic N) is 1. The Balaban J connectivity index is 2.01. The lowest BCUT2D eigenvalue weighted by molar-refractivity contribution is -0.126. The predicted molar refractivity (Wildman–Crippen MR) is 124 cm³/mol. The standard InChI is InChI=1S/C24H26ClN3O4/c1-14-18(12-21(29)27-13-24(2,3)23(26)31)19-11-17(32-4)9-10-20(19)28(14)22(30)15-5-7-16(25)8-6-15/h5-11H,12-13H2,1-4H3,(H2,26,31)(H,27,29). The van der Waals surface area contributed by atoms with Crippen molar-refractivity contribution in [2.24, 2.45) is 11.1 Å². The fourth-order valence-corrected chi connectivity index (χ4v) is 3.55. The van der Waals surface area contributed by atoms with Crippen molar-refractivity contribution in [3.63, 3.8) is 0 Å². The average Bonchev–Trinajstić information content (AvgIpc) is 3.03. The molecule has 2 aromatic carbocycles. The van der Waals surface area contributed by atoms with E-state index in [-0.39, 0.29) is 24.8 Å². The lowest BCUT2D eigenvalue weighted by atomic mass is 9.92. The molecule has 168 valence electrons. The number of fused-ring (bicyclic) bond motifs is 1. The molecule has 8 heteroatoms. The summed E-state index contributed by atoms with van der Waals surface area (Å²) in [4.78, 5) is 37.6. The van der Waals surface area contributed by atoms with Crippen LogP contribution < -0.4 is 15.8 Å². The molecule has 0 bridgehead atoms. The first-order chi connectivity index (χ1) is 15.0. The molecule has 3 aromatic rings. The molecule has 0 saturated carbocycles. The zero-order chi connectivity index (χ0) is 23.6. The minimum Gasteiger partial charge on any atom is -0.497 e. The van der Waals surface area contributed by atoms with E-state index >= 15 is 0 Å². The minimum absolute atomic E-state index is 0.0330. The number of carbonyl (C=O) groups excluding carboxylic acids is 3. The molecule has 1 heterocycles. The highest BCUT2D eigenvalue weighted by atomic mass is 35.5. The van der Waals surface area contributed by atoms with Gasteiger partial charge in [0.2, 0.25) is 11.8 Å². The zero-order valence-electron chi connectivity index (χ0n) is 18.5. The molecular formula is C24H26ClN3O4. The molecule has 0 unspecified atom stereocenters. The van der Waals surface area contributed by atoms with Crippen LogP contribution in [0.3, 0.4) is 0 Å². The second-order valence-electron chi connectivity index (χ2n) is 8.30. The zero-order valence-corrected chi connectivity index (χ0v) is 19.2. The number of ether oxygens (including phenoxy) is 1. The Hall–Kier alpha value is -3.32. The smallest absolute Gasteiger partial charge is 0.262 e. The third-order valence-electron chi connectivity index (χ3n) is 5.57. The molecule has 3 rings (SSSR count). The Morgan fingerprint density at radius 1 is 1.12 bits per heavy atom. The van der Waals surface area contributed by atoms with Gasteiger partial charge in [0.25, 0.3) is 5.91 Å². The van der Waals surface area contributed by atoms with E-state index in [2.05, 4.69) is 5.32 Å². The molecule has 2 amide bonds. The third-order valence-corrected chi connectivity index (χ3v) is 5.82. The van der Waals surface area contributed by atoms with Crippen molar-refractivity contribution in [2.45, 2.75) is 27.2 Å². The largest absolute Gasteiger partial charge is 0.497 e. The number of nitrogens with one attached hydrogen (secondary N) is 1. The van der Waals surface area contributed by atoms with Crippen molar-refractivity contribution < 1.29 is 19.1 Å². The van der Waals surface area contributed by atoms with E-state index in [4.69, 9.17) is 22.1 Å². The van der Waals surface area contributed by atoms with E-state index in [9.17, 15) is 14.4 Å². The Morgan fingerprint density at radius 2 is 1.78 bits per heavy atom. The molecule has 3 N–H and O–H groups in total. The number of hydrogen-bond acceptors (Lipinski definition) is 4. The maximum atomic E-state index is 13.3. The highest BCUT2D eigenvalue weighted by Crippen LogP contribution is 2.31. The van der Waals surface area contributed by atoms with Crippen molar-refractivity contribution in [1.29, 1.82) is 0 Å². The van der Waals surface area contributed by atoms with Gasteiger partial charge >= 0.3 is 0 Å². The normalized spacial score (nSPS) is 11.4. The second-order valence-corrected chi connectivity index (χ2v) is 8.73. The molecule has 0 spiro atoms. The van der Waals surface area contributed by atoms with E-state index < -0.39 is 11.3 Å². The lowest BCUT2D eigenvalue weighted by Gasteiger charge is -2.20. The van der Waals surface area contributed by atoms with Gasteiger partial charge in [0.1, 0.15) is 5.75 Å². The van der Waals surface area contributed by atoms with Gasteiger partial charge in [-0.2, -0.15) is 0 Å². The number of aromatic nitrogens is 1. The summed E-state index contributed by atoms with van der Waals surface area (Å²) >= 11 is 5.96. The average molecular weight is 456 g/mol. The molecule has 0 fully saturated rings. The van der Waals surface area contributed by atoms with Crippen LogP contribution in [0.5, 0.6) is 5.75 Å². The van der Waals surface area contributed by atoms with Crippen LogP contribution in [-0.4, -0.2) is 35.9 Å². The van der Waals surface area contributed by atoms with Gasteiger partial charge in [0.05, 0.1) is 24.5 Å². The van der Waals surface area contributed by atoms with Crippen molar-refractivity contribution in [2.75, 3.05) is 13.7 Å². The number of benzene rings is 2. The first-order valence-electron chi connectivity index (χ1n) is 10.1. The van der Waals surface area contributed by atoms with Gasteiger partial charge in [0.15, 0.2) is 0 Å². The van der Waals surface area contributed by atoms with Gasteiger partial charge in [0, 0.05) is 28.2 Å². The Bertz CT molecular complexity index is 1200. The number of amides is 2. The summed E-state index contributed by atoms with van der Waals surface area (Å²) < 4.78 is 6.94. The molecule has 7 nitrogen and oxygen atoms in total. The summed E-state index contributed by atoms with van der Waals surface area (Å²) in [6.45, 7) is 5.26. The van der Waals surface area contributed by atoms with Crippen LogP contribution in [0, 0.1) is 12.3 Å². The fraction of sp³-hybridized carbons (Fsp3) is 0.292. The number of hydrogen-bond donors (Lipinski definition) is 2. The summed E-state index contributed by atoms with van der Waals surface area (Å²) in [5.74, 6) is -0.381. The quantitative estimate of drug-likeness (QED) is 0.569. The van der Waals surface area contributed by atoms with Crippen molar-refractivity contribution in [3.05, 3.63) is 64.3 Å². The predicted octanol–water partition coefficient (Wildman–Crippen LogP) is 3.47. The highest BCUT2D eigenvalue weighted by molar-refractivity contribution is 6.30. The van der Waals surface area contributed by atoms with Crippen molar-refractivity contribution in [1.82, 2.24) is 9.88 Å². The van der Waals surface area contributed by atoms with Crippen LogP contribution >= 0.6 is 11.6 Å². The first-order valence-corrected chi connectivity index (χ1v) is 10.5. The van der Waals surface area contributed by atoms with Gasteiger partial charge in [-0.1, -0.05) is 11.6 Å². The van der Waals surface area contributed by atoms with Gasteiger partial charge in [-0.25, -0.2) is 0 Å². The summed E-state index contributed by atoms with van der Waals surface area (Å²) in [6, 6.07) is 12.0. The number of halogens is 1. The van der Waals surface area contributed by atoms with Gasteiger partial charge in [-0.3, -0.25) is 19.0 Å². The first kappa shape index (κ1) is 23.3. The minimum atomic E-state index is -0.869. The highest BCUT2D eigenvalue weighted by Gasteiger charge is 2.26. The molecular weight excluding hydrogens is 430 g/mol. The summed E-state index contributed by atoms with van der Waals surface area (Å²) in [6.07, 6.45) is 0.0330. The Labute approximate surface area is 191 Å². The van der Waals surface area contributed by atoms with Crippen LogP contribution in [-0.2, 0) is 16.0 Å². The second kappa shape index (κ2) is 9.04. The van der Waals surface area contributed by atoms with E-state index in [1.165, 1.54) is 0 Å². The lowest BCUT2D eigenvalue weighted by Crippen LogP contribution is -2.42. The van der Waals surface area contributed by atoms with E-state index in [0.717, 1.165) is 5.39 Å². The molecule has 0 aliphatic heterocycles. The summed E-state index contributed by atoms with van der Waals surface area (Å²) in [5, 5.41) is 4.05. The molecule has 0 aliphatic rings. The third kappa shape index (κ3) is 4.62. The number of primary amides is 1. The van der Waals surface area contributed by atoms with E-state index in [0.29, 0.717) is 33.1 Å². The van der Waals surface area contributed by atoms with Crippen LogP contribution in [0.2, 0.25) is 5.02 Å². The molecule has 0 saturated heterocycles. The number of nitrogens with two attached hydrogens (primary N) is 1. The monoisotopic (exact) mass is 455 g/mol. The fourth-order valence-electron chi connectivity index (χ4n) is 3.43. The maximum Gasteiger partial charge on any atom is 0.262 e. The number of methoxy groups -OCH3 is 1. The van der Waals surface area contributed by atoms with Gasteiger partial charge in [-0.15, -0.1) is 0 Å². The van der Waals surface area contributed by atoms with Crippen molar-refractivity contribution in [3.8, 4) is 5.75 Å². The maximum absolute atomic E-state index is 13.3. The summed E-state index contributed by atoms with van der Waals surface area (Å²) in [7, 11) is 1.56. The topological polar surface area (TPSA) is 103 Å². The Kier molecular flexibility index (Phi) is 6.60. The molecule has 0 atom stereocenters. The SMILES string of the molecule is COc1ccc2c(c1)c(CC(=O)NCC(C)(C)C(N)=O)c(C)n2C(=O)c1ccc(Cl)cc1. The van der Waals surface area contributed by atoms with Crippen molar-refractivity contribution >= 4 is 40.2 Å². The molecule has 0 radical (unpaired) electrons. The van der Waals surface area contributed by atoms with Crippen LogP contribution in [0.25, 0.3) is 10.9 Å². The molecule has 1 aromatic heterocycles. The van der Waals surface area contributed by atoms with Crippen LogP contribution in [0.15, 0.2) is 42.5 Å². The Morgan fingerprint density at radius 3 is 2.38 bits per heavy atom. The van der Waals surface area contributed by atoms with E-state index in [1.807, 2.05) is 6.07 Å². The van der Waals surface area contributed by atoms with E-state index in [1.54, 1.807) is 68.8 Å². The van der Waals surface area contributed by atoms with Gasteiger partial charge < -0.3 is 15.8 Å². The number of rotatable bonds is 7. The number of carbonyl (C=O) groups is 3. The van der Waals surface area contributed by atoms with Crippen LogP contribution in [0.4, 0.5) is 0 Å². The van der Waals surface area contributed by atoms with Gasteiger partial charge in [-0.05, 0) is 68.8 Å². The van der Waals surface area contributed by atoms with Crippen LogP contribution in [0.1, 0.15) is 35.5 Å². The summed E-state index contributed by atoms with van der Waals surface area (Å²) in [5.41, 5.74) is 7.02. The molecule has 32 heavy (non-hydrogen) atoms.